The third-order valence-corrected chi connectivity index (χ3v) is 5.07. The van der Waals surface area contributed by atoms with Gasteiger partial charge >= 0.3 is 0 Å². The second kappa shape index (κ2) is 8.06. The molecule has 1 heterocycles. The van der Waals surface area contributed by atoms with Crippen molar-refractivity contribution in [1.82, 2.24) is 9.80 Å². The van der Waals surface area contributed by atoms with Gasteiger partial charge < -0.3 is 9.80 Å². The number of carbonyl (C=O) groups excluding carboxylic acids is 2. The van der Waals surface area contributed by atoms with Crippen molar-refractivity contribution in [1.29, 1.82) is 0 Å². The van der Waals surface area contributed by atoms with Gasteiger partial charge in [-0.2, -0.15) is 0 Å². The highest BCUT2D eigenvalue weighted by Crippen LogP contribution is 2.23. The molecule has 0 bridgehead atoms. The number of rotatable bonds is 2. The average Bonchev–Trinajstić information content (AvgIpc) is 2.89. The molecule has 1 aliphatic rings. The van der Waals surface area contributed by atoms with Crippen LogP contribution >= 0.6 is 23.2 Å². The molecule has 7 heteroatoms. The van der Waals surface area contributed by atoms with Crippen molar-refractivity contribution >= 4 is 35.0 Å². The van der Waals surface area contributed by atoms with Gasteiger partial charge in [0.1, 0.15) is 5.82 Å². The first-order chi connectivity index (χ1) is 12.5. The molecule has 1 saturated heterocycles. The Balaban J connectivity index is 1.67. The van der Waals surface area contributed by atoms with Crippen molar-refractivity contribution in [3.8, 4) is 0 Å². The van der Waals surface area contributed by atoms with E-state index in [0.717, 1.165) is 0 Å². The van der Waals surface area contributed by atoms with Gasteiger partial charge in [-0.05, 0) is 48.9 Å². The summed E-state index contributed by atoms with van der Waals surface area (Å²) in [5.74, 6) is -0.677. The Labute approximate surface area is 161 Å². The molecule has 2 aromatic carbocycles. The van der Waals surface area contributed by atoms with Gasteiger partial charge in [-0.25, -0.2) is 4.39 Å². The minimum atomic E-state index is -0.379. The molecule has 2 amide bonds. The molecule has 2 aromatic rings. The maximum Gasteiger partial charge on any atom is 0.253 e. The number of halogens is 3. The Bertz CT molecular complexity index is 827. The summed E-state index contributed by atoms with van der Waals surface area (Å²) in [5.41, 5.74) is 0.911. The van der Waals surface area contributed by atoms with Crippen molar-refractivity contribution < 1.29 is 14.0 Å². The number of hydrogen-bond donors (Lipinski definition) is 0. The summed E-state index contributed by atoms with van der Waals surface area (Å²) < 4.78 is 13.0. The molecule has 1 fully saturated rings. The van der Waals surface area contributed by atoms with E-state index in [1.165, 1.54) is 24.3 Å². The fourth-order valence-corrected chi connectivity index (χ4v) is 3.21. The smallest absolute Gasteiger partial charge is 0.253 e. The standard InChI is InChI=1S/C19H17Cl2FN2O2/c20-16-7-4-14(12-17(16)21)19(26)24-9-1-8-23(10-11-24)18(25)13-2-5-15(22)6-3-13/h2-7,12H,1,8-11H2. The highest BCUT2D eigenvalue weighted by atomic mass is 35.5. The Morgan fingerprint density at radius 3 is 1.88 bits per heavy atom. The maximum atomic E-state index is 13.0. The van der Waals surface area contributed by atoms with Gasteiger partial charge in [-0.3, -0.25) is 9.59 Å². The van der Waals surface area contributed by atoms with Gasteiger partial charge in [0, 0.05) is 37.3 Å². The van der Waals surface area contributed by atoms with Gasteiger partial charge in [0.05, 0.1) is 10.0 Å². The van der Waals surface area contributed by atoms with Crippen LogP contribution < -0.4 is 0 Å². The molecule has 0 unspecified atom stereocenters. The van der Waals surface area contributed by atoms with Gasteiger partial charge in [0.2, 0.25) is 0 Å². The zero-order valence-corrected chi connectivity index (χ0v) is 15.4. The number of nitrogens with zero attached hydrogens (tertiary/aromatic N) is 2. The van der Waals surface area contributed by atoms with E-state index in [9.17, 15) is 14.0 Å². The Morgan fingerprint density at radius 1 is 0.769 bits per heavy atom. The van der Waals surface area contributed by atoms with E-state index in [4.69, 9.17) is 23.2 Å². The van der Waals surface area contributed by atoms with Gasteiger partial charge in [-0.15, -0.1) is 0 Å². The van der Waals surface area contributed by atoms with Crippen LogP contribution in [-0.2, 0) is 0 Å². The molecule has 26 heavy (non-hydrogen) atoms. The average molecular weight is 395 g/mol. The van der Waals surface area contributed by atoms with E-state index in [1.807, 2.05) is 0 Å². The fraction of sp³-hybridized carbons (Fsp3) is 0.263. The molecule has 1 aliphatic heterocycles. The van der Waals surface area contributed by atoms with Crippen LogP contribution in [0.2, 0.25) is 10.0 Å². The molecule has 0 atom stereocenters. The largest absolute Gasteiger partial charge is 0.337 e. The second-order valence-corrected chi connectivity index (χ2v) is 6.89. The van der Waals surface area contributed by atoms with E-state index < -0.39 is 0 Å². The lowest BCUT2D eigenvalue weighted by Crippen LogP contribution is -2.37. The molecule has 0 radical (unpaired) electrons. The molecule has 0 N–H and O–H groups in total. The maximum absolute atomic E-state index is 13.0. The minimum absolute atomic E-state index is 0.139. The Kier molecular flexibility index (Phi) is 5.79. The van der Waals surface area contributed by atoms with Crippen LogP contribution in [0.5, 0.6) is 0 Å². The summed E-state index contributed by atoms with van der Waals surface area (Å²) in [5, 5.41) is 0.732. The third-order valence-electron chi connectivity index (χ3n) is 4.33. The summed E-state index contributed by atoms with van der Waals surface area (Å²) in [4.78, 5) is 28.6. The number of hydrogen-bond acceptors (Lipinski definition) is 2. The predicted molar refractivity (Wildman–Crippen MR) is 99.3 cm³/mol. The van der Waals surface area contributed by atoms with Crippen molar-refractivity contribution in [3.63, 3.8) is 0 Å². The number of amides is 2. The van der Waals surface area contributed by atoms with Crippen LogP contribution in [0.25, 0.3) is 0 Å². The van der Waals surface area contributed by atoms with Crippen LogP contribution in [0.15, 0.2) is 42.5 Å². The summed E-state index contributed by atoms with van der Waals surface area (Å²) >= 11 is 11.9. The second-order valence-electron chi connectivity index (χ2n) is 6.07. The van der Waals surface area contributed by atoms with Gasteiger partial charge in [0.25, 0.3) is 11.8 Å². The van der Waals surface area contributed by atoms with Gasteiger partial charge in [0.15, 0.2) is 0 Å². The van der Waals surface area contributed by atoms with Crippen LogP contribution in [0.4, 0.5) is 4.39 Å². The van der Waals surface area contributed by atoms with E-state index in [1.54, 1.807) is 28.0 Å². The van der Waals surface area contributed by atoms with E-state index >= 15 is 0 Å². The molecule has 0 saturated carbocycles. The summed E-state index contributed by atoms with van der Waals surface area (Å²) in [7, 11) is 0. The first-order valence-electron chi connectivity index (χ1n) is 8.25. The minimum Gasteiger partial charge on any atom is -0.337 e. The highest BCUT2D eigenvalue weighted by molar-refractivity contribution is 6.42. The molecule has 3 rings (SSSR count). The third kappa shape index (κ3) is 4.17. The van der Waals surface area contributed by atoms with Crippen LogP contribution in [0.3, 0.4) is 0 Å². The number of benzene rings is 2. The fourth-order valence-electron chi connectivity index (χ4n) is 2.91. The number of carbonyl (C=O) groups is 2. The molecule has 0 aliphatic carbocycles. The van der Waals surface area contributed by atoms with E-state index in [0.29, 0.717) is 53.8 Å². The lowest BCUT2D eigenvalue weighted by Gasteiger charge is -2.22. The van der Waals surface area contributed by atoms with Crippen LogP contribution in [0, 0.1) is 5.82 Å². The van der Waals surface area contributed by atoms with Crippen LogP contribution in [0.1, 0.15) is 27.1 Å². The lowest BCUT2D eigenvalue weighted by atomic mass is 10.2. The first kappa shape index (κ1) is 18.7. The molecule has 0 spiro atoms. The van der Waals surface area contributed by atoms with E-state index in [-0.39, 0.29) is 17.6 Å². The van der Waals surface area contributed by atoms with Crippen LogP contribution in [-0.4, -0.2) is 47.8 Å². The summed E-state index contributed by atoms with van der Waals surface area (Å²) in [6, 6.07) is 10.3. The quantitative estimate of drug-likeness (QED) is 0.768. The van der Waals surface area contributed by atoms with Crippen molar-refractivity contribution in [3.05, 3.63) is 69.5 Å². The Hall–Kier alpha value is -2.11. The monoisotopic (exact) mass is 394 g/mol. The molecular weight excluding hydrogens is 378 g/mol. The molecule has 0 aromatic heterocycles. The zero-order valence-electron chi connectivity index (χ0n) is 13.9. The van der Waals surface area contributed by atoms with E-state index in [2.05, 4.69) is 0 Å². The summed E-state index contributed by atoms with van der Waals surface area (Å²) in [6.45, 7) is 1.93. The predicted octanol–water partition coefficient (Wildman–Crippen LogP) is 4.12. The Morgan fingerprint density at radius 2 is 1.31 bits per heavy atom. The molecule has 4 nitrogen and oxygen atoms in total. The topological polar surface area (TPSA) is 40.6 Å². The first-order valence-corrected chi connectivity index (χ1v) is 9.00. The normalized spacial score (nSPS) is 14.9. The van der Waals surface area contributed by atoms with Crippen molar-refractivity contribution in [2.24, 2.45) is 0 Å². The lowest BCUT2D eigenvalue weighted by molar-refractivity contribution is 0.0718. The molecular formula is C19H17Cl2FN2O2. The van der Waals surface area contributed by atoms with Crippen molar-refractivity contribution in [2.75, 3.05) is 26.2 Å². The summed E-state index contributed by atoms with van der Waals surface area (Å²) in [6.07, 6.45) is 0.667. The van der Waals surface area contributed by atoms with Gasteiger partial charge in [-0.1, -0.05) is 23.2 Å². The SMILES string of the molecule is O=C(c1ccc(F)cc1)N1CCCN(C(=O)c2ccc(Cl)c(Cl)c2)CC1. The zero-order chi connectivity index (χ0) is 18.7. The molecule has 136 valence electrons. The highest BCUT2D eigenvalue weighted by Gasteiger charge is 2.23. The van der Waals surface area contributed by atoms with Crippen molar-refractivity contribution in [2.45, 2.75) is 6.42 Å².